The lowest BCUT2D eigenvalue weighted by atomic mass is 9.60. The second-order valence-corrected chi connectivity index (χ2v) is 13.8. The van der Waals surface area contributed by atoms with Crippen molar-refractivity contribution < 1.29 is 23.3 Å². The fraction of sp³-hybridized carbons (Fsp3) is 0.684. The Labute approximate surface area is 176 Å². The zero-order valence-electron chi connectivity index (χ0n) is 17.7. The Hall–Kier alpha value is -0.903. The van der Waals surface area contributed by atoms with Crippen LogP contribution in [0.1, 0.15) is 40.5 Å². The predicted molar refractivity (Wildman–Crippen MR) is 117 cm³/mol. The van der Waals surface area contributed by atoms with Gasteiger partial charge in [0.2, 0.25) is 5.91 Å². The molecule has 0 spiro atoms. The van der Waals surface area contributed by atoms with E-state index in [1.54, 1.807) is 6.08 Å². The van der Waals surface area contributed by atoms with Gasteiger partial charge in [0.1, 0.15) is 15.0 Å². The largest absolute Gasteiger partial charge is 0.477 e. The Morgan fingerprint density at radius 1 is 1.46 bits per heavy atom. The number of carbonyl (C=O) groups excluding carboxylic acids is 1. The molecule has 0 radical (unpaired) electrons. The van der Waals surface area contributed by atoms with Crippen molar-refractivity contribution in [2.24, 2.45) is 11.3 Å². The summed E-state index contributed by atoms with van der Waals surface area (Å²) >= 11 is 1.24. The first-order valence-corrected chi connectivity index (χ1v) is 14.6. The van der Waals surface area contributed by atoms with E-state index in [4.69, 9.17) is 4.43 Å². The van der Waals surface area contributed by atoms with Gasteiger partial charge in [-0.1, -0.05) is 45.5 Å². The van der Waals surface area contributed by atoms with E-state index in [9.17, 15) is 18.9 Å². The van der Waals surface area contributed by atoms with E-state index in [2.05, 4.69) is 40.4 Å². The summed E-state index contributed by atoms with van der Waals surface area (Å²) in [6.45, 7) is 16.2. The van der Waals surface area contributed by atoms with Crippen LogP contribution in [0.3, 0.4) is 0 Å². The minimum atomic E-state index is -1.53. The molecule has 1 amide bonds. The summed E-state index contributed by atoms with van der Waals surface area (Å²) in [5.74, 6) is -2.04. The molecule has 0 aromatic rings. The summed E-state index contributed by atoms with van der Waals surface area (Å²) in [4.78, 5) is 25.9. The molecule has 158 valence electrons. The van der Waals surface area contributed by atoms with Crippen LogP contribution in [0, 0.1) is 11.3 Å². The fourth-order valence-electron chi connectivity index (χ4n) is 4.59. The summed E-state index contributed by atoms with van der Waals surface area (Å²) < 4.78 is 19.2. The van der Waals surface area contributed by atoms with Crippen LogP contribution in [0.25, 0.3) is 0 Å². The first-order valence-electron chi connectivity index (χ1n) is 9.43. The number of carbonyl (C=O) groups is 2. The third-order valence-electron chi connectivity index (χ3n) is 5.59. The molecular weight excluding hydrogens is 414 g/mol. The molecule has 2 aliphatic rings. The second-order valence-electron chi connectivity index (χ2n) is 8.60. The molecule has 0 aromatic heterocycles. The quantitative estimate of drug-likeness (QED) is 0.351. The van der Waals surface area contributed by atoms with Gasteiger partial charge in [0.15, 0.2) is 14.7 Å². The highest BCUT2D eigenvalue weighted by molar-refractivity contribution is 8.17. The van der Waals surface area contributed by atoms with Crippen molar-refractivity contribution in [2.45, 2.75) is 64.1 Å². The molecule has 1 fully saturated rings. The number of hydrogen-bond acceptors (Lipinski definition) is 5. The van der Waals surface area contributed by atoms with Crippen LogP contribution in [0.5, 0.6) is 0 Å². The number of carboxylic acids is 1. The van der Waals surface area contributed by atoms with Gasteiger partial charge in [-0.3, -0.25) is 13.9 Å². The van der Waals surface area contributed by atoms with Crippen LogP contribution in [-0.4, -0.2) is 51.9 Å². The van der Waals surface area contributed by atoms with Crippen molar-refractivity contribution in [3.8, 4) is 0 Å². The number of rotatable bonds is 8. The SMILES string of the molecule is C=CC[C@]12SC(S(C)=O)=C(C(=O)O)N1C(=O)[C@H]2[C@](CC)(O[SiH](C)C)C(C)(C)C. The van der Waals surface area contributed by atoms with E-state index in [-0.39, 0.29) is 21.3 Å². The number of amides is 1. The molecule has 0 bridgehead atoms. The van der Waals surface area contributed by atoms with Gasteiger partial charge in [0.25, 0.3) is 0 Å². The molecular formula is C19H31NO5S2Si. The molecule has 2 heterocycles. The van der Waals surface area contributed by atoms with E-state index in [1.807, 2.05) is 6.92 Å². The molecule has 28 heavy (non-hydrogen) atoms. The van der Waals surface area contributed by atoms with Gasteiger partial charge in [-0.2, -0.15) is 0 Å². The van der Waals surface area contributed by atoms with Crippen molar-refractivity contribution in [1.82, 2.24) is 4.90 Å². The first kappa shape index (κ1) is 23.4. The Morgan fingerprint density at radius 3 is 2.39 bits per heavy atom. The average Bonchev–Trinajstić information content (AvgIpc) is 2.84. The Kier molecular flexibility index (Phi) is 6.46. The summed E-state index contributed by atoms with van der Waals surface area (Å²) in [6, 6.07) is 0. The number of carboxylic acid groups (broad SMARTS) is 1. The summed E-state index contributed by atoms with van der Waals surface area (Å²) in [7, 11) is -3.04. The molecule has 2 aliphatic heterocycles. The monoisotopic (exact) mass is 445 g/mol. The molecule has 0 saturated carbocycles. The van der Waals surface area contributed by atoms with Crippen LogP contribution in [0.2, 0.25) is 13.1 Å². The first-order chi connectivity index (χ1) is 12.8. The maximum absolute atomic E-state index is 13.5. The summed E-state index contributed by atoms with van der Waals surface area (Å²) in [5, 5.41) is 9.76. The number of β-lactam (4-membered cyclic amide) rings is 1. The Balaban J connectivity index is 2.71. The fourth-order valence-corrected chi connectivity index (χ4v) is 8.92. The van der Waals surface area contributed by atoms with Gasteiger partial charge < -0.3 is 9.53 Å². The molecule has 9 heteroatoms. The summed E-state index contributed by atoms with van der Waals surface area (Å²) in [6.07, 6.45) is 4.17. The Morgan fingerprint density at radius 2 is 2.04 bits per heavy atom. The molecule has 0 aromatic carbocycles. The maximum Gasteiger partial charge on any atom is 0.354 e. The number of nitrogens with zero attached hydrogens (tertiary/aromatic N) is 1. The highest BCUT2D eigenvalue weighted by atomic mass is 32.2. The lowest BCUT2D eigenvalue weighted by molar-refractivity contribution is -0.191. The average molecular weight is 446 g/mol. The minimum absolute atomic E-state index is 0.158. The number of fused-ring (bicyclic) bond motifs is 1. The maximum atomic E-state index is 13.5. The zero-order chi connectivity index (χ0) is 21.7. The van der Waals surface area contributed by atoms with Gasteiger partial charge in [0.05, 0.1) is 16.4 Å². The second kappa shape index (κ2) is 7.74. The van der Waals surface area contributed by atoms with E-state index in [0.29, 0.717) is 12.8 Å². The van der Waals surface area contributed by atoms with Crippen molar-refractivity contribution in [1.29, 1.82) is 0 Å². The van der Waals surface area contributed by atoms with Crippen molar-refractivity contribution in [3.63, 3.8) is 0 Å². The molecule has 2 rings (SSSR count). The van der Waals surface area contributed by atoms with Gasteiger partial charge in [-0.25, -0.2) is 4.79 Å². The lowest BCUT2D eigenvalue weighted by Gasteiger charge is -2.63. The van der Waals surface area contributed by atoms with Crippen LogP contribution < -0.4 is 0 Å². The van der Waals surface area contributed by atoms with E-state index >= 15 is 0 Å². The molecule has 0 aliphatic carbocycles. The van der Waals surface area contributed by atoms with Crippen molar-refractivity contribution >= 4 is 43.5 Å². The highest BCUT2D eigenvalue weighted by Gasteiger charge is 2.74. The molecule has 1 unspecified atom stereocenters. The van der Waals surface area contributed by atoms with E-state index < -0.39 is 42.2 Å². The van der Waals surface area contributed by atoms with Gasteiger partial charge in [-0.15, -0.1) is 6.58 Å². The van der Waals surface area contributed by atoms with Crippen LogP contribution in [0.15, 0.2) is 22.6 Å². The normalized spacial score (nSPS) is 28.1. The standard InChI is InChI=1S/C19H31NO5S2Si/c1-9-11-19-13(18(10-2,17(3,4)5)25-28(7)8)14(21)20(19)12(15(22)23)16(26-19)27(6)24/h9,13,28H,1,10-11H2,2-8H3,(H,22,23)/t13-,18-,19+,27?/m0/s1. The number of thioether (sulfide) groups is 1. The van der Waals surface area contributed by atoms with Crippen LogP contribution >= 0.6 is 11.8 Å². The Bertz CT molecular complexity index is 760. The molecule has 4 atom stereocenters. The smallest absolute Gasteiger partial charge is 0.354 e. The van der Waals surface area contributed by atoms with Crippen molar-refractivity contribution in [2.75, 3.05) is 6.26 Å². The van der Waals surface area contributed by atoms with Gasteiger partial charge >= 0.3 is 5.97 Å². The predicted octanol–water partition coefficient (Wildman–Crippen LogP) is 3.29. The lowest BCUT2D eigenvalue weighted by Crippen LogP contribution is -2.76. The van der Waals surface area contributed by atoms with Gasteiger partial charge in [0, 0.05) is 6.26 Å². The van der Waals surface area contributed by atoms with Crippen LogP contribution in [-0.2, 0) is 24.8 Å². The minimum Gasteiger partial charge on any atom is -0.477 e. The summed E-state index contributed by atoms with van der Waals surface area (Å²) in [5.41, 5.74) is -1.25. The third kappa shape index (κ3) is 3.24. The van der Waals surface area contributed by atoms with E-state index in [0.717, 1.165) is 0 Å². The topological polar surface area (TPSA) is 83.9 Å². The third-order valence-corrected chi connectivity index (χ3v) is 9.47. The molecule has 1 N–H and O–H groups in total. The zero-order valence-corrected chi connectivity index (χ0v) is 20.5. The molecule has 6 nitrogen and oxygen atoms in total. The number of aliphatic carboxylic acids is 1. The van der Waals surface area contributed by atoms with Crippen molar-refractivity contribution in [3.05, 3.63) is 22.6 Å². The molecule has 1 saturated heterocycles. The van der Waals surface area contributed by atoms with Crippen LogP contribution in [0.4, 0.5) is 0 Å². The van der Waals surface area contributed by atoms with E-state index in [1.165, 1.54) is 22.9 Å². The highest BCUT2D eigenvalue weighted by Crippen LogP contribution is 2.66. The number of hydrogen-bond donors (Lipinski definition) is 1. The van der Waals surface area contributed by atoms with Gasteiger partial charge in [-0.05, 0) is 31.4 Å².